The van der Waals surface area contributed by atoms with Crippen molar-refractivity contribution in [2.24, 2.45) is 5.18 Å². The molecule has 0 heterocycles. The number of aliphatic carboxylic acids is 1. The fraction of sp³-hybridized carbons (Fsp3) is 0.222. The Balaban J connectivity index is 2.03. The molecule has 0 saturated carbocycles. The first-order valence-corrected chi connectivity index (χ1v) is 7.52. The van der Waals surface area contributed by atoms with Gasteiger partial charge in [0.2, 0.25) is 0 Å². The van der Waals surface area contributed by atoms with E-state index in [4.69, 9.17) is 5.11 Å². The number of hydrogen-bond donors (Lipinski definition) is 2. The molecule has 1 unspecified atom stereocenters. The van der Waals surface area contributed by atoms with Gasteiger partial charge in [-0.2, -0.15) is 4.91 Å². The smallest absolute Gasteiger partial charge is 0.303 e. The van der Waals surface area contributed by atoms with Gasteiger partial charge >= 0.3 is 5.97 Å². The first-order valence-electron chi connectivity index (χ1n) is 7.52. The molecule has 2 aromatic rings. The molecular weight excluding hydrogens is 308 g/mol. The number of nitrogens with one attached hydrogen (secondary N) is 1. The summed E-state index contributed by atoms with van der Waals surface area (Å²) in [5.41, 5.74) is 2.84. The Bertz CT molecular complexity index is 724. The van der Waals surface area contributed by atoms with Crippen LogP contribution in [0.3, 0.4) is 0 Å². The summed E-state index contributed by atoms with van der Waals surface area (Å²) >= 11 is 0. The second-order valence-corrected chi connectivity index (χ2v) is 5.50. The van der Waals surface area contributed by atoms with Crippen LogP contribution in [0.15, 0.2) is 53.7 Å². The molecule has 24 heavy (non-hydrogen) atoms. The van der Waals surface area contributed by atoms with Crippen molar-refractivity contribution in [1.29, 1.82) is 0 Å². The SMILES string of the molecule is Cc1ccc(C(=O)Nc2ccc(C(CCC(=O)O)N=O)cc2)cc1. The van der Waals surface area contributed by atoms with Crippen LogP contribution >= 0.6 is 0 Å². The molecule has 0 bridgehead atoms. The fourth-order valence-electron chi connectivity index (χ4n) is 2.24. The van der Waals surface area contributed by atoms with Crippen LogP contribution in [-0.4, -0.2) is 17.0 Å². The van der Waals surface area contributed by atoms with Crippen molar-refractivity contribution in [3.63, 3.8) is 0 Å². The molecule has 2 rings (SSSR count). The number of aryl methyl sites for hydroxylation is 1. The highest BCUT2D eigenvalue weighted by atomic mass is 16.4. The topological polar surface area (TPSA) is 95.8 Å². The first kappa shape index (κ1) is 17.3. The van der Waals surface area contributed by atoms with Crippen molar-refractivity contribution in [3.8, 4) is 0 Å². The molecule has 6 heteroatoms. The number of carboxylic acid groups (broad SMARTS) is 1. The highest BCUT2D eigenvalue weighted by molar-refractivity contribution is 6.04. The summed E-state index contributed by atoms with van der Waals surface area (Å²) in [5, 5.41) is 14.4. The van der Waals surface area contributed by atoms with Crippen molar-refractivity contribution in [1.82, 2.24) is 0 Å². The van der Waals surface area contributed by atoms with E-state index in [0.717, 1.165) is 5.56 Å². The lowest BCUT2D eigenvalue weighted by Gasteiger charge is -2.10. The Morgan fingerprint density at radius 1 is 1.08 bits per heavy atom. The number of rotatable bonds is 7. The molecule has 0 aliphatic heterocycles. The number of hydrogen-bond acceptors (Lipinski definition) is 4. The van der Waals surface area contributed by atoms with E-state index < -0.39 is 12.0 Å². The van der Waals surface area contributed by atoms with E-state index in [1.54, 1.807) is 36.4 Å². The van der Waals surface area contributed by atoms with Gasteiger partial charge in [0, 0.05) is 17.7 Å². The maximum absolute atomic E-state index is 12.1. The zero-order valence-electron chi connectivity index (χ0n) is 13.2. The van der Waals surface area contributed by atoms with Gasteiger partial charge in [-0.3, -0.25) is 9.59 Å². The Kier molecular flexibility index (Phi) is 5.78. The van der Waals surface area contributed by atoms with Gasteiger partial charge in [-0.25, -0.2) is 0 Å². The van der Waals surface area contributed by atoms with E-state index >= 15 is 0 Å². The van der Waals surface area contributed by atoms with E-state index in [2.05, 4.69) is 10.5 Å². The highest BCUT2D eigenvalue weighted by Gasteiger charge is 2.14. The van der Waals surface area contributed by atoms with E-state index in [1.807, 2.05) is 19.1 Å². The van der Waals surface area contributed by atoms with Gasteiger partial charge in [0.15, 0.2) is 0 Å². The van der Waals surface area contributed by atoms with Crippen LogP contribution in [0.25, 0.3) is 0 Å². The number of nitrogens with zero attached hydrogens (tertiary/aromatic N) is 1. The van der Waals surface area contributed by atoms with Crippen molar-refractivity contribution in [2.75, 3.05) is 5.32 Å². The first-order chi connectivity index (χ1) is 11.5. The van der Waals surface area contributed by atoms with Gasteiger partial charge in [0.1, 0.15) is 6.04 Å². The predicted molar refractivity (Wildman–Crippen MR) is 91.0 cm³/mol. The standard InChI is InChI=1S/C18H18N2O4/c1-12-2-4-14(5-3-12)18(23)19-15-8-6-13(7-9-15)16(20-24)10-11-17(21)22/h2-9,16H,10-11H2,1H3,(H,19,23)(H,21,22). The molecule has 0 aliphatic rings. The van der Waals surface area contributed by atoms with Crippen molar-refractivity contribution < 1.29 is 14.7 Å². The van der Waals surface area contributed by atoms with E-state index in [1.165, 1.54) is 0 Å². The molecule has 0 aromatic heterocycles. The molecule has 0 aliphatic carbocycles. The Morgan fingerprint density at radius 2 is 1.71 bits per heavy atom. The molecule has 0 spiro atoms. The van der Waals surface area contributed by atoms with Crippen molar-refractivity contribution in [2.45, 2.75) is 25.8 Å². The zero-order valence-corrected chi connectivity index (χ0v) is 13.2. The van der Waals surface area contributed by atoms with Crippen LogP contribution in [0.5, 0.6) is 0 Å². The van der Waals surface area contributed by atoms with Crippen LogP contribution in [0, 0.1) is 11.8 Å². The summed E-state index contributed by atoms with van der Waals surface area (Å²) in [7, 11) is 0. The van der Waals surface area contributed by atoms with Gasteiger partial charge in [0.05, 0.1) is 0 Å². The van der Waals surface area contributed by atoms with Gasteiger partial charge < -0.3 is 10.4 Å². The van der Waals surface area contributed by atoms with Gasteiger partial charge in [0.25, 0.3) is 5.91 Å². The van der Waals surface area contributed by atoms with Gasteiger partial charge in [-0.15, -0.1) is 0 Å². The molecule has 0 fully saturated rings. The lowest BCUT2D eigenvalue weighted by Crippen LogP contribution is -2.11. The molecule has 6 nitrogen and oxygen atoms in total. The molecule has 0 saturated heterocycles. The lowest BCUT2D eigenvalue weighted by molar-refractivity contribution is -0.137. The second-order valence-electron chi connectivity index (χ2n) is 5.50. The van der Waals surface area contributed by atoms with E-state index in [-0.39, 0.29) is 18.7 Å². The summed E-state index contributed by atoms with van der Waals surface area (Å²) in [4.78, 5) is 33.6. The Hall–Kier alpha value is -3.02. The highest BCUT2D eigenvalue weighted by Crippen LogP contribution is 2.24. The summed E-state index contributed by atoms with van der Waals surface area (Å²) in [6, 6.07) is 13.2. The van der Waals surface area contributed by atoms with Crippen LogP contribution in [0.2, 0.25) is 0 Å². The third kappa shape index (κ3) is 4.74. The molecular formula is C18H18N2O4. The summed E-state index contributed by atoms with van der Waals surface area (Å²) in [6.07, 6.45) is 0.0240. The maximum Gasteiger partial charge on any atom is 0.303 e. The number of carbonyl (C=O) groups is 2. The van der Waals surface area contributed by atoms with Crippen molar-refractivity contribution >= 4 is 17.6 Å². The van der Waals surface area contributed by atoms with Gasteiger partial charge in [-0.1, -0.05) is 35.0 Å². The monoisotopic (exact) mass is 326 g/mol. The Morgan fingerprint density at radius 3 is 2.25 bits per heavy atom. The summed E-state index contributed by atoms with van der Waals surface area (Å²) in [5.74, 6) is -1.19. The summed E-state index contributed by atoms with van der Waals surface area (Å²) < 4.78 is 0. The van der Waals surface area contributed by atoms with Crippen LogP contribution in [0.1, 0.15) is 40.4 Å². The number of anilines is 1. The van der Waals surface area contributed by atoms with E-state index in [9.17, 15) is 14.5 Å². The minimum Gasteiger partial charge on any atom is -0.481 e. The zero-order chi connectivity index (χ0) is 17.5. The van der Waals surface area contributed by atoms with Crippen molar-refractivity contribution in [3.05, 3.63) is 70.1 Å². The van der Waals surface area contributed by atoms with Crippen LogP contribution < -0.4 is 5.32 Å². The van der Waals surface area contributed by atoms with Gasteiger partial charge in [-0.05, 0) is 43.2 Å². The lowest BCUT2D eigenvalue weighted by atomic mass is 10.0. The maximum atomic E-state index is 12.1. The third-order valence-electron chi connectivity index (χ3n) is 3.63. The average Bonchev–Trinajstić information content (AvgIpc) is 2.57. The molecule has 2 aromatic carbocycles. The summed E-state index contributed by atoms with van der Waals surface area (Å²) in [6.45, 7) is 1.95. The second kappa shape index (κ2) is 8.01. The minimum atomic E-state index is -0.967. The number of carboxylic acids is 1. The Labute approximate surface area is 139 Å². The number of carbonyl (C=O) groups excluding carboxylic acids is 1. The molecule has 1 atom stereocenters. The number of amides is 1. The van der Waals surface area contributed by atoms with E-state index in [0.29, 0.717) is 16.8 Å². The largest absolute Gasteiger partial charge is 0.481 e. The average molecular weight is 326 g/mol. The normalized spacial score (nSPS) is 11.5. The fourth-order valence-corrected chi connectivity index (χ4v) is 2.24. The van der Waals surface area contributed by atoms with Crippen LogP contribution in [0.4, 0.5) is 5.69 Å². The molecule has 1 amide bonds. The van der Waals surface area contributed by atoms with Crippen LogP contribution in [-0.2, 0) is 4.79 Å². The third-order valence-corrected chi connectivity index (χ3v) is 3.63. The number of benzene rings is 2. The molecule has 0 radical (unpaired) electrons. The minimum absolute atomic E-state index is 0.123. The predicted octanol–water partition coefficient (Wildman–Crippen LogP) is 3.92. The molecule has 2 N–H and O–H groups in total. The number of nitroso groups, excluding NO2 is 1. The quantitative estimate of drug-likeness (QED) is 0.754. The molecule has 124 valence electrons.